The quantitative estimate of drug-likeness (QED) is 0.510. The van der Waals surface area contributed by atoms with Gasteiger partial charge < -0.3 is 14.7 Å². The molecule has 1 aromatic heterocycles. The number of nitrogens with one attached hydrogen (secondary N) is 1. The van der Waals surface area contributed by atoms with Crippen LogP contribution in [0.15, 0.2) is 34.7 Å². The first-order valence-electron chi connectivity index (χ1n) is 10.5. The summed E-state index contributed by atoms with van der Waals surface area (Å²) < 4.78 is 6.23. The van der Waals surface area contributed by atoms with Crippen molar-refractivity contribution in [2.45, 2.75) is 49.3 Å². The van der Waals surface area contributed by atoms with Crippen molar-refractivity contribution in [3.05, 3.63) is 36.0 Å². The highest BCUT2D eigenvalue weighted by molar-refractivity contribution is 8.01. The van der Waals surface area contributed by atoms with Gasteiger partial charge in [-0.05, 0) is 49.7 Å². The molecule has 31 heavy (non-hydrogen) atoms. The standard InChI is InChI=1S/C22H29N3O4S2/c1-15-7-9-17(10-8-15)25(12-11-16-5-3-4-6-18(16)29-2)22(28)24-21-23-13-20(31-21)30-14-19(26)27/h3-6,13,15,17H,7-12,14H2,1-2H3,(H,26,27)(H,23,24,28). The first-order valence-corrected chi connectivity index (χ1v) is 12.3. The number of rotatable bonds is 9. The van der Waals surface area contributed by atoms with Gasteiger partial charge in [0.1, 0.15) is 5.75 Å². The number of para-hydroxylation sites is 1. The van der Waals surface area contributed by atoms with Crippen LogP contribution < -0.4 is 10.1 Å². The fourth-order valence-electron chi connectivity index (χ4n) is 3.83. The van der Waals surface area contributed by atoms with Gasteiger partial charge in [0, 0.05) is 12.6 Å². The number of hydrogen-bond acceptors (Lipinski definition) is 6. The zero-order chi connectivity index (χ0) is 22.2. The average molecular weight is 464 g/mol. The number of carbonyl (C=O) groups excluding carboxylic acids is 1. The number of aromatic nitrogens is 1. The number of amides is 2. The number of thiazole rings is 1. The molecule has 0 saturated heterocycles. The fourth-order valence-corrected chi connectivity index (χ4v) is 5.42. The number of carboxylic acids is 1. The molecule has 0 atom stereocenters. The highest BCUT2D eigenvalue weighted by Gasteiger charge is 2.28. The van der Waals surface area contributed by atoms with Crippen LogP contribution in [0, 0.1) is 5.92 Å². The molecule has 0 spiro atoms. The van der Waals surface area contributed by atoms with Crippen LogP contribution in [0.1, 0.15) is 38.2 Å². The molecule has 0 radical (unpaired) electrons. The Morgan fingerprint density at radius 1 is 1.29 bits per heavy atom. The van der Waals surface area contributed by atoms with Gasteiger partial charge in [-0.1, -0.05) is 36.5 Å². The number of benzene rings is 1. The molecule has 2 amide bonds. The van der Waals surface area contributed by atoms with Gasteiger partial charge in [-0.2, -0.15) is 0 Å². The lowest BCUT2D eigenvalue weighted by Gasteiger charge is -2.36. The third-order valence-corrected chi connectivity index (χ3v) is 7.63. The Labute approximate surface area is 191 Å². The lowest BCUT2D eigenvalue weighted by atomic mass is 9.86. The SMILES string of the molecule is COc1ccccc1CCN(C(=O)Nc1ncc(SCC(=O)O)s1)C1CCC(C)CC1. The number of nitrogens with zero attached hydrogens (tertiary/aromatic N) is 2. The second-order valence-corrected chi connectivity index (χ2v) is 10.1. The molecule has 0 unspecified atom stereocenters. The van der Waals surface area contributed by atoms with Gasteiger partial charge in [0.25, 0.3) is 0 Å². The summed E-state index contributed by atoms with van der Waals surface area (Å²) in [6.45, 7) is 2.86. The number of anilines is 1. The van der Waals surface area contributed by atoms with Crippen molar-refractivity contribution < 1.29 is 19.4 Å². The van der Waals surface area contributed by atoms with Crippen LogP contribution >= 0.6 is 23.1 Å². The molecule has 3 rings (SSSR count). The van der Waals surface area contributed by atoms with E-state index in [-0.39, 0.29) is 17.8 Å². The van der Waals surface area contributed by atoms with Crippen LogP contribution in [-0.2, 0) is 11.2 Å². The van der Waals surface area contributed by atoms with Crippen molar-refractivity contribution in [3.63, 3.8) is 0 Å². The largest absolute Gasteiger partial charge is 0.496 e. The summed E-state index contributed by atoms with van der Waals surface area (Å²) in [5, 5.41) is 12.2. The van der Waals surface area contributed by atoms with E-state index in [1.807, 2.05) is 29.2 Å². The summed E-state index contributed by atoms with van der Waals surface area (Å²) in [5.41, 5.74) is 1.08. The van der Waals surface area contributed by atoms with E-state index in [2.05, 4.69) is 17.2 Å². The minimum Gasteiger partial charge on any atom is -0.496 e. The molecule has 2 N–H and O–H groups in total. The Bertz CT molecular complexity index is 881. The van der Waals surface area contributed by atoms with Crippen molar-refractivity contribution in [1.82, 2.24) is 9.88 Å². The van der Waals surface area contributed by atoms with E-state index in [4.69, 9.17) is 9.84 Å². The molecule has 7 nitrogen and oxygen atoms in total. The fraction of sp³-hybridized carbons (Fsp3) is 0.500. The summed E-state index contributed by atoms with van der Waals surface area (Å²) in [6, 6.07) is 7.94. The maximum atomic E-state index is 13.2. The molecular weight excluding hydrogens is 434 g/mol. The third-order valence-electron chi connectivity index (χ3n) is 5.54. The van der Waals surface area contributed by atoms with E-state index < -0.39 is 5.97 Å². The molecule has 1 fully saturated rings. The maximum Gasteiger partial charge on any atom is 0.323 e. The highest BCUT2D eigenvalue weighted by atomic mass is 32.2. The highest BCUT2D eigenvalue weighted by Crippen LogP contribution is 2.30. The van der Waals surface area contributed by atoms with Crippen molar-refractivity contribution in [2.24, 2.45) is 5.92 Å². The van der Waals surface area contributed by atoms with Crippen molar-refractivity contribution in [2.75, 3.05) is 24.7 Å². The summed E-state index contributed by atoms with van der Waals surface area (Å²) in [4.78, 5) is 30.1. The summed E-state index contributed by atoms with van der Waals surface area (Å²) in [5.74, 6) is 0.627. The average Bonchev–Trinajstić information content (AvgIpc) is 3.21. The molecule has 9 heteroatoms. The normalized spacial score (nSPS) is 18.4. The molecule has 1 heterocycles. The number of hydrogen-bond donors (Lipinski definition) is 2. The lowest BCUT2D eigenvalue weighted by molar-refractivity contribution is -0.133. The first-order chi connectivity index (χ1) is 15.0. The molecule has 0 aliphatic heterocycles. The Hall–Kier alpha value is -2.26. The van der Waals surface area contributed by atoms with E-state index in [0.29, 0.717) is 24.0 Å². The summed E-state index contributed by atoms with van der Waals surface area (Å²) >= 11 is 2.50. The topological polar surface area (TPSA) is 91.8 Å². The van der Waals surface area contributed by atoms with Gasteiger partial charge in [0.05, 0.1) is 23.3 Å². The maximum absolute atomic E-state index is 13.2. The Morgan fingerprint density at radius 3 is 2.74 bits per heavy atom. The monoisotopic (exact) mass is 463 g/mol. The van der Waals surface area contributed by atoms with Gasteiger partial charge >= 0.3 is 12.0 Å². The van der Waals surface area contributed by atoms with Crippen LogP contribution in [0.2, 0.25) is 0 Å². The van der Waals surface area contributed by atoms with Gasteiger partial charge in [0.2, 0.25) is 0 Å². The van der Waals surface area contributed by atoms with Gasteiger partial charge in [-0.3, -0.25) is 10.1 Å². The lowest BCUT2D eigenvalue weighted by Crippen LogP contribution is -2.45. The van der Waals surface area contributed by atoms with Crippen molar-refractivity contribution in [1.29, 1.82) is 0 Å². The predicted octanol–water partition coefficient (Wildman–Crippen LogP) is 4.98. The minimum atomic E-state index is -0.877. The molecule has 1 aliphatic carbocycles. The Balaban J connectivity index is 1.68. The molecule has 1 saturated carbocycles. The minimum absolute atomic E-state index is 0.0269. The van der Waals surface area contributed by atoms with Crippen molar-refractivity contribution in [3.8, 4) is 5.75 Å². The molecule has 1 aromatic carbocycles. The molecule has 0 bridgehead atoms. The number of carbonyl (C=O) groups is 2. The van der Waals surface area contributed by atoms with E-state index >= 15 is 0 Å². The number of methoxy groups -OCH3 is 1. The first kappa shape index (κ1) is 23.4. The predicted molar refractivity (Wildman–Crippen MR) is 124 cm³/mol. The molecule has 2 aromatic rings. The van der Waals surface area contributed by atoms with E-state index in [1.165, 1.54) is 23.1 Å². The van der Waals surface area contributed by atoms with Crippen LogP contribution in [0.5, 0.6) is 5.75 Å². The summed E-state index contributed by atoms with van der Waals surface area (Å²) in [6.07, 6.45) is 6.55. The number of ether oxygens (including phenoxy) is 1. The van der Waals surface area contributed by atoms with Crippen LogP contribution in [0.4, 0.5) is 9.93 Å². The van der Waals surface area contributed by atoms with Gasteiger partial charge in [0.15, 0.2) is 5.13 Å². The zero-order valence-corrected chi connectivity index (χ0v) is 19.5. The van der Waals surface area contributed by atoms with E-state index in [9.17, 15) is 9.59 Å². The Kier molecular flexibility index (Phi) is 8.60. The molecule has 1 aliphatic rings. The van der Waals surface area contributed by atoms with Crippen LogP contribution in [0.3, 0.4) is 0 Å². The summed E-state index contributed by atoms with van der Waals surface area (Å²) in [7, 11) is 1.66. The number of urea groups is 1. The Morgan fingerprint density at radius 2 is 2.03 bits per heavy atom. The number of aliphatic carboxylic acids is 1. The van der Waals surface area contributed by atoms with Gasteiger partial charge in [-0.25, -0.2) is 9.78 Å². The molecular formula is C22H29N3O4S2. The smallest absolute Gasteiger partial charge is 0.323 e. The van der Waals surface area contributed by atoms with Crippen molar-refractivity contribution >= 4 is 40.2 Å². The second kappa shape index (κ2) is 11.4. The van der Waals surface area contributed by atoms with Gasteiger partial charge in [-0.15, -0.1) is 11.8 Å². The van der Waals surface area contributed by atoms with E-state index in [1.54, 1.807) is 13.3 Å². The third kappa shape index (κ3) is 6.87. The second-order valence-electron chi connectivity index (χ2n) is 7.77. The zero-order valence-electron chi connectivity index (χ0n) is 17.9. The van der Waals surface area contributed by atoms with Crippen LogP contribution in [-0.4, -0.2) is 52.4 Å². The molecule has 168 valence electrons. The number of thioether (sulfide) groups is 1. The number of carboxylic acid groups (broad SMARTS) is 1. The van der Waals surface area contributed by atoms with Crippen LogP contribution in [0.25, 0.3) is 0 Å². The van der Waals surface area contributed by atoms with E-state index in [0.717, 1.165) is 41.2 Å².